The topological polar surface area (TPSA) is 77.9 Å². The molecule has 0 bridgehead atoms. The number of halogens is 1. The maximum absolute atomic E-state index is 13.2. The third-order valence-corrected chi connectivity index (χ3v) is 4.44. The number of ether oxygens (including phenoxy) is 1. The molecule has 6 heteroatoms. The van der Waals surface area contributed by atoms with Gasteiger partial charge in [0.25, 0.3) is 5.91 Å². The third-order valence-electron chi connectivity index (χ3n) is 4.44. The van der Waals surface area contributed by atoms with Crippen LogP contribution in [-0.4, -0.2) is 24.1 Å². The first-order valence-corrected chi connectivity index (χ1v) is 7.79. The second-order valence-corrected chi connectivity index (χ2v) is 6.13. The summed E-state index contributed by atoms with van der Waals surface area (Å²) in [5.74, 6) is -0.600. The van der Waals surface area contributed by atoms with Gasteiger partial charge in [0.05, 0.1) is 24.8 Å². The molecule has 124 valence electrons. The van der Waals surface area contributed by atoms with E-state index in [-0.39, 0.29) is 11.7 Å². The largest absolute Gasteiger partial charge is 0.376 e. The minimum absolute atomic E-state index is 0.276. The van der Waals surface area contributed by atoms with E-state index in [0.717, 1.165) is 16.5 Å². The van der Waals surface area contributed by atoms with Gasteiger partial charge in [0.2, 0.25) is 0 Å². The van der Waals surface area contributed by atoms with Crippen LogP contribution in [0.25, 0.3) is 10.9 Å². The molecular weight excluding hydrogens is 321 g/mol. The maximum atomic E-state index is 13.2. The second kappa shape index (κ2) is 5.72. The average molecular weight is 335 g/mol. The van der Waals surface area contributed by atoms with Gasteiger partial charge in [-0.25, -0.2) is 4.39 Å². The molecule has 1 fully saturated rings. The van der Waals surface area contributed by atoms with Crippen LogP contribution in [-0.2, 0) is 10.3 Å². The molecule has 0 unspecified atom stereocenters. The smallest absolute Gasteiger partial charge is 0.268 e. The number of aromatic amines is 1. The summed E-state index contributed by atoms with van der Waals surface area (Å²) in [5, 5.41) is 12.8. The maximum Gasteiger partial charge on any atom is 0.268 e. The molecule has 5 nitrogen and oxygen atoms in total. The fourth-order valence-corrected chi connectivity index (χ4v) is 3.00. The number of hydrogen-bond donors (Lipinski definition) is 2. The molecule has 2 aromatic carbocycles. The highest BCUT2D eigenvalue weighted by molar-refractivity contribution is 5.98. The van der Waals surface area contributed by atoms with Crippen LogP contribution in [0.2, 0.25) is 0 Å². The Labute approximate surface area is 143 Å². The number of carbonyl (C=O) groups excluding carboxylic acids is 1. The Morgan fingerprint density at radius 2 is 1.96 bits per heavy atom. The van der Waals surface area contributed by atoms with Gasteiger partial charge in [-0.2, -0.15) is 5.26 Å². The number of fused-ring (bicyclic) bond motifs is 1. The van der Waals surface area contributed by atoms with Crippen molar-refractivity contribution < 1.29 is 13.9 Å². The van der Waals surface area contributed by atoms with Gasteiger partial charge in [0, 0.05) is 10.9 Å². The summed E-state index contributed by atoms with van der Waals surface area (Å²) < 4.78 is 18.5. The molecule has 1 aliphatic rings. The number of H-pyrrole nitrogens is 1. The Bertz CT molecular complexity index is 998. The molecule has 2 N–H and O–H groups in total. The molecule has 1 aliphatic heterocycles. The number of nitrogens with one attached hydrogen (secondary N) is 2. The summed E-state index contributed by atoms with van der Waals surface area (Å²) >= 11 is 0. The first-order valence-electron chi connectivity index (χ1n) is 7.79. The Kier molecular flexibility index (Phi) is 3.52. The summed E-state index contributed by atoms with van der Waals surface area (Å²) in [4.78, 5) is 15.7. The predicted molar refractivity (Wildman–Crippen MR) is 89.4 cm³/mol. The van der Waals surface area contributed by atoms with E-state index in [1.165, 1.54) is 12.1 Å². The molecule has 0 aliphatic carbocycles. The number of nitriles is 1. The zero-order chi connectivity index (χ0) is 17.4. The van der Waals surface area contributed by atoms with Crippen LogP contribution in [0, 0.1) is 17.1 Å². The lowest BCUT2D eigenvalue weighted by atomic mass is 9.87. The average Bonchev–Trinajstić information content (AvgIpc) is 3.02. The van der Waals surface area contributed by atoms with E-state index in [9.17, 15) is 9.18 Å². The van der Waals surface area contributed by atoms with Crippen LogP contribution in [0.3, 0.4) is 0 Å². The van der Waals surface area contributed by atoms with Gasteiger partial charge in [0.15, 0.2) is 0 Å². The van der Waals surface area contributed by atoms with E-state index in [4.69, 9.17) is 10.00 Å². The van der Waals surface area contributed by atoms with Crippen LogP contribution >= 0.6 is 0 Å². The summed E-state index contributed by atoms with van der Waals surface area (Å²) in [5.41, 5.74) is 1.87. The van der Waals surface area contributed by atoms with Crippen molar-refractivity contribution in [3.63, 3.8) is 0 Å². The van der Waals surface area contributed by atoms with Crippen LogP contribution in [0.5, 0.6) is 0 Å². The summed E-state index contributed by atoms with van der Waals surface area (Å²) in [6.07, 6.45) is 0. The number of benzene rings is 2. The van der Waals surface area contributed by atoms with Crippen LogP contribution in [0.1, 0.15) is 21.6 Å². The fraction of sp³-hybridized carbons (Fsp3) is 0.158. The van der Waals surface area contributed by atoms with Crippen LogP contribution in [0.4, 0.5) is 4.39 Å². The monoisotopic (exact) mass is 335 g/mol. The molecule has 2 heterocycles. The lowest BCUT2D eigenvalue weighted by Gasteiger charge is -2.42. The van der Waals surface area contributed by atoms with E-state index in [1.54, 1.807) is 36.4 Å². The fourth-order valence-electron chi connectivity index (χ4n) is 3.00. The van der Waals surface area contributed by atoms with Crippen molar-refractivity contribution in [3.8, 4) is 6.07 Å². The van der Waals surface area contributed by atoms with Gasteiger partial charge < -0.3 is 15.0 Å². The number of rotatable bonds is 3. The highest BCUT2D eigenvalue weighted by atomic mass is 19.1. The van der Waals surface area contributed by atoms with Gasteiger partial charge in [-0.1, -0.05) is 12.1 Å². The third kappa shape index (κ3) is 2.65. The Hall–Kier alpha value is -3.17. The van der Waals surface area contributed by atoms with Gasteiger partial charge in [-0.3, -0.25) is 4.79 Å². The molecular formula is C19H14FN3O2. The summed E-state index contributed by atoms with van der Waals surface area (Å²) in [7, 11) is 0. The zero-order valence-corrected chi connectivity index (χ0v) is 13.2. The molecule has 0 spiro atoms. The van der Waals surface area contributed by atoms with Crippen LogP contribution in [0.15, 0.2) is 48.5 Å². The predicted octanol–water partition coefficient (Wildman–Crippen LogP) is 2.83. The zero-order valence-electron chi connectivity index (χ0n) is 13.2. The van der Waals surface area contributed by atoms with Crippen molar-refractivity contribution in [2.24, 2.45) is 0 Å². The Morgan fingerprint density at radius 1 is 1.20 bits per heavy atom. The molecule has 1 aromatic heterocycles. The van der Waals surface area contributed by atoms with Crippen molar-refractivity contribution in [2.45, 2.75) is 5.54 Å². The van der Waals surface area contributed by atoms with Crippen LogP contribution < -0.4 is 5.32 Å². The van der Waals surface area contributed by atoms with E-state index in [2.05, 4.69) is 16.4 Å². The molecule has 3 aromatic rings. The van der Waals surface area contributed by atoms with Crippen molar-refractivity contribution in [2.75, 3.05) is 13.2 Å². The standard InChI is InChI=1S/C19H14FN3O2/c20-15-4-2-14(3-5-15)19(10-25-11-19)23-18(24)17-8-13-7-12(9-21)1-6-16(13)22-17/h1-8,22H,10-11H2,(H,23,24). The second-order valence-electron chi connectivity index (χ2n) is 6.13. The SMILES string of the molecule is N#Cc1ccc2[nH]c(C(=O)NC3(c4ccc(F)cc4)COC3)cc2c1. The minimum atomic E-state index is -0.653. The van der Waals surface area contributed by atoms with Crippen molar-refractivity contribution in [3.05, 3.63) is 71.2 Å². The summed E-state index contributed by atoms with van der Waals surface area (Å²) in [6.45, 7) is 0.673. The number of amides is 1. The normalized spacial score (nSPS) is 15.4. The molecule has 25 heavy (non-hydrogen) atoms. The molecule has 1 amide bonds. The number of nitrogens with zero attached hydrogens (tertiary/aromatic N) is 1. The molecule has 4 rings (SSSR count). The van der Waals surface area contributed by atoms with Gasteiger partial charge in [-0.15, -0.1) is 0 Å². The van der Waals surface area contributed by atoms with Gasteiger partial charge >= 0.3 is 0 Å². The highest BCUT2D eigenvalue weighted by Crippen LogP contribution is 2.30. The quantitative estimate of drug-likeness (QED) is 0.772. The van der Waals surface area contributed by atoms with E-state index in [0.29, 0.717) is 24.5 Å². The Morgan fingerprint density at radius 3 is 2.60 bits per heavy atom. The molecule has 0 atom stereocenters. The number of carbonyl (C=O) groups is 1. The lowest BCUT2D eigenvalue weighted by Crippen LogP contribution is -2.59. The lowest BCUT2D eigenvalue weighted by molar-refractivity contribution is -0.0734. The van der Waals surface area contributed by atoms with Crippen molar-refractivity contribution in [1.82, 2.24) is 10.3 Å². The van der Waals surface area contributed by atoms with Gasteiger partial charge in [0.1, 0.15) is 17.1 Å². The summed E-state index contributed by atoms with van der Waals surface area (Å²) in [6, 6.07) is 15.0. The molecule has 0 saturated carbocycles. The highest BCUT2D eigenvalue weighted by Gasteiger charge is 2.42. The van der Waals surface area contributed by atoms with E-state index in [1.807, 2.05) is 0 Å². The van der Waals surface area contributed by atoms with Gasteiger partial charge in [-0.05, 0) is 42.0 Å². The van der Waals surface area contributed by atoms with Crippen molar-refractivity contribution in [1.29, 1.82) is 5.26 Å². The minimum Gasteiger partial charge on any atom is -0.376 e. The molecule has 1 saturated heterocycles. The van der Waals surface area contributed by atoms with E-state index >= 15 is 0 Å². The molecule has 0 radical (unpaired) electrons. The first kappa shape index (κ1) is 15.4. The Balaban J connectivity index is 1.62. The first-order chi connectivity index (χ1) is 12.1. The number of aromatic nitrogens is 1. The van der Waals surface area contributed by atoms with E-state index < -0.39 is 5.54 Å². The number of hydrogen-bond acceptors (Lipinski definition) is 3. The van der Waals surface area contributed by atoms with Crippen molar-refractivity contribution >= 4 is 16.8 Å².